The summed E-state index contributed by atoms with van der Waals surface area (Å²) >= 11 is 0. The molecule has 0 bridgehead atoms. The van der Waals surface area contributed by atoms with Gasteiger partial charge >= 0.3 is 0 Å². The van der Waals surface area contributed by atoms with E-state index in [2.05, 4.69) is 4.74 Å². The van der Waals surface area contributed by atoms with Gasteiger partial charge in [-0.05, 0) is 0 Å². The van der Waals surface area contributed by atoms with E-state index in [1.165, 1.54) is 0 Å². The molecule has 0 atom stereocenters. The molecule has 3 nitrogen and oxygen atoms in total. The molecule has 8 heavy (non-hydrogen) atoms. The highest BCUT2D eigenvalue weighted by Gasteiger charge is 2.30. The van der Waals surface area contributed by atoms with Crippen molar-refractivity contribution in [2.24, 2.45) is 0 Å². The summed E-state index contributed by atoms with van der Waals surface area (Å²) in [6, 6.07) is 0. The monoisotopic (exact) mass is 156 g/mol. The van der Waals surface area contributed by atoms with Crippen molar-refractivity contribution in [1.82, 2.24) is 0 Å². The number of ether oxygens (including phenoxy) is 1. The van der Waals surface area contributed by atoms with E-state index in [9.17, 15) is 8.42 Å². The highest BCUT2D eigenvalue weighted by Crippen LogP contribution is 2.14. The van der Waals surface area contributed by atoms with Crippen molar-refractivity contribution in [3.05, 3.63) is 0 Å². The van der Waals surface area contributed by atoms with E-state index in [-0.39, 0.29) is 13.2 Å². The molecule has 0 aromatic carbocycles. The van der Waals surface area contributed by atoms with Crippen LogP contribution in [0.5, 0.6) is 0 Å². The Morgan fingerprint density at radius 2 is 2.00 bits per heavy atom. The van der Waals surface area contributed by atoms with Crippen LogP contribution in [0.25, 0.3) is 0 Å². The molecule has 0 unspecified atom stereocenters. The fourth-order valence-corrected chi connectivity index (χ4v) is 1.20. The van der Waals surface area contributed by atoms with Gasteiger partial charge in [-0.25, -0.2) is 8.42 Å². The van der Waals surface area contributed by atoms with E-state index in [1.807, 2.05) is 0 Å². The number of hydrogen-bond acceptors (Lipinski definition) is 3. The zero-order chi connectivity index (χ0) is 6.20. The van der Waals surface area contributed by atoms with Crippen LogP contribution in [0.2, 0.25) is 0 Å². The molecule has 0 N–H and O–H groups in total. The Labute approximate surface area is 52.0 Å². The van der Waals surface area contributed by atoms with Crippen LogP contribution < -0.4 is 0 Å². The van der Waals surface area contributed by atoms with E-state index in [0.29, 0.717) is 0 Å². The summed E-state index contributed by atoms with van der Waals surface area (Å²) in [4.78, 5) is 0. The normalized spacial score (nSPS) is 22.6. The predicted octanol–water partition coefficient (Wildman–Crippen LogP) is -0.0462. The predicted molar refractivity (Wildman–Crippen MR) is 29.4 cm³/mol. The molecule has 0 spiro atoms. The molecule has 1 heterocycles. The van der Waals surface area contributed by atoms with Gasteiger partial charge in [0.1, 0.15) is 5.25 Å². The van der Waals surface area contributed by atoms with Crippen molar-refractivity contribution in [3.8, 4) is 0 Å². The summed E-state index contributed by atoms with van der Waals surface area (Å²) in [5, 5.41) is -0.454. The van der Waals surface area contributed by atoms with Gasteiger partial charge in [0.2, 0.25) is 9.05 Å². The van der Waals surface area contributed by atoms with Crippen LogP contribution in [-0.2, 0) is 13.8 Å². The molecule has 0 radical (unpaired) electrons. The third-order valence-electron chi connectivity index (χ3n) is 1.01. The first-order chi connectivity index (χ1) is 3.61. The molecular formula is C3H5ClO3S. The maximum absolute atomic E-state index is 10.3. The highest BCUT2D eigenvalue weighted by atomic mass is 35.7. The first kappa shape index (κ1) is 6.32. The SMILES string of the molecule is O=S(=O)(Cl)C1COC1. The maximum Gasteiger partial charge on any atom is 0.240 e. The first-order valence-corrected chi connectivity index (χ1v) is 4.49. The zero-order valence-corrected chi connectivity index (χ0v) is 5.57. The molecule has 1 rings (SSSR count). The van der Waals surface area contributed by atoms with Gasteiger partial charge in [0.25, 0.3) is 0 Å². The standard InChI is InChI=1S/C3H5ClO3S/c4-8(5,6)3-1-7-2-3/h3H,1-2H2. The number of halogens is 1. The number of rotatable bonds is 1. The van der Waals surface area contributed by atoms with Crippen molar-refractivity contribution in [1.29, 1.82) is 0 Å². The summed E-state index contributed by atoms with van der Waals surface area (Å²) in [5.41, 5.74) is 0. The Kier molecular flexibility index (Phi) is 1.47. The van der Waals surface area contributed by atoms with Gasteiger partial charge < -0.3 is 4.74 Å². The lowest BCUT2D eigenvalue weighted by molar-refractivity contribution is 0.0424. The van der Waals surface area contributed by atoms with Gasteiger partial charge in [0.05, 0.1) is 13.2 Å². The molecule has 0 amide bonds. The van der Waals surface area contributed by atoms with Crippen molar-refractivity contribution in [2.75, 3.05) is 13.2 Å². The second-order valence-electron chi connectivity index (χ2n) is 1.64. The Morgan fingerprint density at radius 1 is 1.50 bits per heavy atom. The van der Waals surface area contributed by atoms with Gasteiger partial charge in [-0.1, -0.05) is 0 Å². The van der Waals surface area contributed by atoms with Crippen LogP contribution in [0.1, 0.15) is 0 Å². The van der Waals surface area contributed by atoms with Gasteiger partial charge in [0.15, 0.2) is 0 Å². The second-order valence-corrected chi connectivity index (χ2v) is 4.54. The van der Waals surface area contributed by atoms with E-state index in [1.54, 1.807) is 0 Å². The molecule has 48 valence electrons. The van der Waals surface area contributed by atoms with E-state index in [0.717, 1.165) is 0 Å². The zero-order valence-electron chi connectivity index (χ0n) is 4.00. The Bertz CT molecular complexity index is 169. The molecule has 0 aliphatic carbocycles. The van der Waals surface area contributed by atoms with Crippen LogP contribution in [0.15, 0.2) is 0 Å². The second kappa shape index (κ2) is 1.86. The Balaban J connectivity index is 2.60. The van der Waals surface area contributed by atoms with Crippen LogP contribution in [0.4, 0.5) is 0 Å². The largest absolute Gasteiger partial charge is 0.378 e. The molecule has 1 saturated heterocycles. The van der Waals surface area contributed by atoms with E-state index in [4.69, 9.17) is 10.7 Å². The average Bonchev–Trinajstić information content (AvgIpc) is 1.16. The van der Waals surface area contributed by atoms with Crippen LogP contribution >= 0.6 is 10.7 Å². The lowest BCUT2D eigenvalue weighted by Gasteiger charge is -2.21. The summed E-state index contributed by atoms with van der Waals surface area (Å²) in [6.45, 7) is 0.512. The van der Waals surface area contributed by atoms with E-state index >= 15 is 0 Å². The van der Waals surface area contributed by atoms with Crippen LogP contribution in [0.3, 0.4) is 0 Å². The minimum absolute atomic E-state index is 0.256. The van der Waals surface area contributed by atoms with Gasteiger partial charge in [-0.3, -0.25) is 0 Å². The first-order valence-electron chi connectivity index (χ1n) is 2.12. The summed E-state index contributed by atoms with van der Waals surface area (Å²) in [7, 11) is 1.61. The average molecular weight is 157 g/mol. The molecule has 1 aliphatic rings. The number of hydrogen-bond donors (Lipinski definition) is 0. The lowest BCUT2D eigenvalue weighted by atomic mass is 10.4. The van der Waals surface area contributed by atoms with Gasteiger partial charge in [-0.2, -0.15) is 0 Å². The molecular weight excluding hydrogens is 152 g/mol. The molecule has 5 heteroatoms. The third-order valence-corrected chi connectivity index (χ3v) is 2.83. The minimum Gasteiger partial charge on any atom is -0.378 e. The molecule has 0 aromatic heterocycles. The smallest absolute Gasteiger partial charge is 0.240 e. The van der Waals surface area contributed by atoms with Crippen molar-refractivity contribution < 1.29 is 13.2 Å². The molecule has 0 saturated carbocycles. The maximum atomic E-state index is 10.3. The van der Waals surface area contributed by atoms with Crippen molar-refractivity contribution in [3.63, 3.8) is 0 Å². The van der Waals surface area contributed by atoms with Crippen LogP contribution in [0, 0.1) is 0 Å². The molecule has 0 aromatic rings. The van der Waals surface area contributed by atoms with Gasteiger partial charge in [-0.15, -0.1) is 0 Å². The fraction of sp³-hybridized carbons (Fsp3) is 1.00. The van der Waals surface area contributed by atoms with Gasteiger partial charge in [0, 0.05) is 10.7 Å². The van der Waals surface area contributed by atoms with E-state index < -0.39 is 14.3 Å². The quantitative estimate of drug-likeness (QED) is 0.500. The third kappa shape index (κ3) is 1.13. The summed E-state index contributed by atoms with van der Waals surface area (Å²) < 4.78 is 25.2. The summed E-state index contributed by atoms with van der Waals surface area (Å²) in [6.07, 6.45) is 0. The van der Waals surface area contributed by atoms with Crippen molar-refractivity contribution in [2.45, 2.75) is 5.25 Å². The fourth-order valence-electron chi connectivity index (χ4n) is 0.377. The minimum atomic E-state index is -3.32. The highest BCUT2D eigenvalue weighted by molar-refractivity contribution is 8.14. The van der Waals surface area contributed by atoms with Crippen molar-refractivity contribution >= 4 is 19.7 Å². The van der Waals surface area contributed by atoms with Crippen LogP contribution in [-0.4, -0.2) is 26.9 Å². The summed E-state index contributed by atoms with van der Waals surface area (Å²) in [5.74, 6) is 0. The topological polar surface area (TPSA) is 43.4 Å². The lowest BCUT2D eigenvalue weighted by Crippen LogP contribution is -2.38. The molecule has 1 aliphatic heterocycles. The Hall–Kier alpha value is 0.200. The Morgan fingerprint density at radius 3 is 2.00 bits per heavy atom. The molecule has 1 fully saturated rings.